The molecule has 2 atom stereocenters. The minimum Gasteiger partial charge on any atom is -0.330 e. The molecule has 0 amide bonds. The molecule has 6 heteroatoms. The van der Waals surface area contributed by atoms with Gasteiger partial charge in [0, 0.05) is 0 Å². The third-order valence-corrected chi connectivity index (χ3v) is 4.76. The van der Waals surface area contributed by atoms with Crippen molar-refractivity contribution in [2.45, 2.75) is 79.1 Å². The molecule has 0 radical (unpaired) electrons. The minimum absolute atomic E-state index is 0.636. The van der Waals surface area contributed by atoms with Crippen molar-refractivity contribution >= 4 is 10.4 Å². The molecule has 4 N–H and O–H groups in total. The van der Waals surface area contributed by atoms with Crippen molar-refractivity contribution in [3.63, 3.8) is 0 Å². The van der Waals surface area contributed by atoms with Crippen molar-refractivity contribution < 1.29 is 17.5 Å². The predicted molar refractivity (Wildman–Crippen MR) is 109 cm³/mol. The van der Waals surface area contributed by atoms with Crippen LogP contribution >= 0.6 is 0 Å². The monoisotopic (exact) mass is 387 g/mol. The van der Waals surface area contributed by atoms with Crippen molar-refractivity contribution in [1.82, 2.24) is 0 Å². The van der Waals surface area contributed by atoms with Crippen LogP contribution in [-0.4, -0.2) is 24.1 Å². The fourth-order valence-corrected chi connectivity index (χ4v) is 3.84. The molecule has 152 valence electrons. The van der Waals surface area contributed by atoms with Gasteiger partial charge in [0.25, 0.3) is 0 Å². The molecule has 0 saturated carbocycles. The third kappa shape index (κ3) is 10.3. The molecule has 5 nitrogen and oxygen atoms in total. The number of unbranched alkanes of at least 4 members (excludes halogenated alkanes) is 2. The average molecular weight is 388 g/mol. The van der Waals surface area contributed by atoms with Gasteiger partial charge in [-0.05, 0) is 68.7 Å². The molecule has 0 bridgehead atoms. The maximum absolute atomic E-state index is 8.74. The zero-order valence-electron chi connectivity index (χ0n) is 17.0. The number of rotatable bonds is 9. The fraction of sp³-hybridized carbons (Fsp3) is 0.700. The summed E-state index contributed by atoms with van der Waals surface area (Å²) in [6, 6.07) is 4.68. The van der Waals surface area contributed by atoms with Gasteiger partial charge < -0.3 is 5.73 Å². The van der Waals surface area contributed by atoms with E-state index < -0.39 is 10.4 Å². The van der Waals surface area contributed by atoms with Crippen LogP contribution in [0.2, 0.25) is 0 Å². The van der Waals surface area contributed by atoms with Gasteiger partial charge in [-0.2, -0.15) is 8.42 Å². The van der Waals surface area contributed by atoms with Crippen molar-refractivity contribution in [2.24, 2.45) is 11.7 Å². The third-order valence-electron chi connectivity index (χ3n) is 4.76. The summed E-state index contributed by atoms with van der Waals surface area (Å²) in [7, 11) is -4.67. The lowest BCUT2D eigenvalue weighted by atomic mass is 9.76. The molecule has 1 rings (SSSR count). The molecule has 0 aliphatic rings. The van der Waals surface area contributed by atoms with Crippen LogP contribution in [-0.2, 0) is 10.4 Å². The van der Waals surface area contributed by atoms with E-state index in [9.17, 15) is 0 Å². The molecule has 26 heavy (non-hydrogen) atoms. The highest BCUT2D eigenvalue weighted by atomic mass is 32.3. The summed E-state index contributed by atoms with van der Waals surface area (Å²) in [6.07, 6.45) is 7.73. The average Bonchev–Trinajstić information content (AvgIpc) is 2.48. The fourth-order valence-electron chi connectivity index (χ4n) is 3.84. The van der Waals surface area contributed by atoms with Crippen LogP contribution in [0.5, 0.6) is 0 Å². The van der Waals surface area contributed by atoms with E-state index in [1.807, 2.05) is 0 Å². The Bertz CT molecular complexity index is 598. The highest BCUT2D eigenvalue weighted by Crippen LogP contribution is 2.36. The van der Waals surface area contributed by atoms with Gasteiger partial charge >= 0.3 is 10.4 Å². The van der Waals surface area contributed by atoms with Gasteiger partial charge in [-0.3, -0.25) is 9.11 Å². The Morgan fingerprint density at radius 3 is 1.85 bits per heavy atom. The highest BCUT2D eigenvalue weighted by Gasteiger charge is 2.24. The summed E-state index contributed by atoms with van der Waals surface area (Å²) in [5.41, 5.74) is 12.0. The second-order valence-electron chi connectivity index (χ2n) is 7.15. The van der Waals surface area contributed by atoms with Crippen molar-refractivity contribution in [1.29, 1.82) is 0 Å². The zero-order chi connectivity index (χ0) is 20.3. The molecule has 0 saturated heterocycles. The Morgan fingerprint density at radius 2 is 1.46 bits per heavy atom. The maximum Gasteiger partial charge on any atom is 0.394 e. The SMILES string of the molecule is CCCCCC(CN)C(CCC)c1c(C)cc(C)cc1C.O=S(=O)(O)O. The second-order valence-corrected chi connectivity index (χ2v) is 8.04. The van der Waals surface area contributed by atoms with Crippen LogP contribution in [0.4, 0.5) is 0 Å². The zero-order valence-corrected chi connectivity index (χ0v) is 17.8. The first kappa shape index (κ1) is 25.1. The first-order chi connectivity index (χ1) is 12.0. The van der Waals surface area contributed by atoms with Crippen LogP contribution in [0.15, 0.2) is 12.1 Å². The summed E-state index contributed by atoms with van der Waals surface area (Å²) < 4.78 is 31.6. The summed E-state index contributed by atoms with van der Waals surface area (Å²) >= 11 is 0. The van der Waals surface area contributed by atoms with Gasteiger partial charge in [-0.1, -0.05) is 57.2 Å². The molecular weight excluding hydrogens is 350 g/mol. The van der Waals surface area contributed by atoms with Gasteiger partial charge in [-0.25, -0.2) is 0 Å². The number of hydrogen-bond acceptors (Lipinski definition) is 3. The molecule has 0 aliphatic carbocycles. The summed E-state index contributed by atoms with van der Waals surface area (Å²) in [5, 5.41) is 0. The van der Waals surface area contributed by atoms with Crippen molar-refractivity contribution in [2.75, 3.05) is 6.54 Å². The van der Waals surface area contributed by atoms with E-state index in [0.717, 1.165) is 6.54 Å². The van der Waals surface area contributed by atoms with Gasteiger partial charge in [-0.15, -0.1) is 0 Å². The highest BCUT2D eigenvalue weighted by molar-refractivity contribution is 7.79. The summed E-state index contributed by atoms with van der Waals surface area (Å²) in [6.45, 7) is 12.1. The Balaban J connectivity index is 0.00000110. The molecule has 0 fully saturated rings. The van der Waals surface area contributed by atoms with Gasteiger partial charge in [0.2, 0.25) is 0 Å². The maximum atomic E-state index is 8.74. The second kappa shape index (κ2) is 12.4. The molecule has 0 aromatic heterocycles. The van der Waals surface area contributed by atoms with Crippen LogP contribution in [0.25, 0.3) is 0 Å². The molecule has 1 aromatic carbocycles. The molecule has 0 spiro atoms. The summed E-state index contributed by atoms with van der Waals surface area (Å²) in [5.74, 6) is 1.27. The molecule has 1 aromatic rings. The van der Waals surface area contributed by atoms with E-state index in [4.69, 9.17) is 23.3 Å². The quantitative estimate of drug-likeness (QED) is 0.409. The van der Waals surface area contributed by atoms with E-state index >= 15 is 0 Å². The van der Waals surface area contributed by atoms with Crippen LogP contribution < -0.4 is 5.73 Å². The van der Waals surface area contributed by atoms with E-state index in [-0.39, 0.29) is 0 Å². The van der Waals surface area contributed by atoms with Gasteiger partial charge in [0.15, 0.2) is 0 Å². The first-order valence-corrected chi connectivity index (χ1v) is 10.9. The van der Waals surface area contributed by atoms with Gasteiger partial charge in [0.1, 0.15) is 0 Å². The van der Waals surface area contributed by atoms with E-state index in [0.29, 0.717) is 11.8 Å². The van der Waals surface area contributed by atoms with Crippen molar-refractivity contribution in [3.8, 4) is 0 Å². The Hall–Kier alpha value is -0.950. The molecule has 0 aliphatic heterocycles. The summed E-state index contributed by atoms with van der Waals surface area (Å²) in [4.78, 5) is 0. The largest absolute Gasteiger partial charge is 0.394 e. The topological polar surface area (TPSA) is 101 Å². The standard InChI is InChI=1S/C20H35N.H2O4S/c1-6-8-9-11-18(14-21)19(10-7-2)20-16(4)12-15(3)13-17(20)5;1-5(2,3)4/h12-13,18-19H,6-11,14,21H2,1-5H3;(H2,1,2,3,4). The Labute approximate surface area is 160 Å². The van der Waals surface area contributed by atoms with E-state index in [1.54, 1.807) is 5.56 Å². The lowest BCUT2D eigenvalue weighted by Crippen LogP contribution is -2.23. The Morgan fingerprint density at radius 1 is 0.962 bits per heavy atom. The lowest BCUT2D eigenvalue weighted by Gasteiger charge is -2.29. The van der Waals surface area contributed by atoms with Gasteiger partial charge in [0.05, 0.1) is 0 Å². The predicted octanol–water partition coefficient (Wildman–Crippen LogP) is 5.00. The van der Waals surface area contributed by atoms with E-state index in [1.165, 1.54) is 55.2 Å². The first-order valence-electron chi connectivity index (χ1n) is 9.52. The molecule has 0 heterocycles. The van der Waals surface area contributed by atoms with E-state index in [2.05, 4.69) is 46.8 Å². The number of hydrogen-bond donors (Lipinski definition) is 3. The van der Waals surface area contributed by atoms with Crippen molar-refractivity contribution in [3.05, 3.63) is 34.4 Å². The Kier molecular flexibility index (Phi) is 12.0. The van der Waals surface area contributed by atoms with Crippen LogP contribution in [0, 0.1) is 26.7 Å². The van der Waals surface area contributed by atoms with Crippen LogP contribution in [0.1, 0.15) is 80.5 Å². The number of aryl methyl sites for hydroxylation is 3. The minimum atomic E-state index is -4.67. The smallest absolute Gasteiger partial charge is 0.330 e. The lowest BCUT2D eigenvalue weighted by molar-refractivity contribution is 0.367. The van der Waals surface area contributed by atoms with Crippen LogP contribution in [0.3, 0.4) is 0 Å². The molecular formula is C20H37NO4S. The molecule has 2 unspecified atom stereocenters. The number of benzene rings is 1. The number of nitrogens with two attached hydrogens (primary N) is 1. The normalized spacial score (nSPS) is 13.7.